The van der Waals surface area contributed by atoms with E-state index in [0.29, 0.717) is 0 Å². The Morgan fingerprint density at radius 3 is 1.45 bits per heavy atom. The molecule has 0 radical (unpaired) electrons. The molecule has 0 amide bonds. The zero-order valence-corrected chi connectivity index (χ0v) is 26.5. The Kier molecular flexibility index (Phi) is 8.17. The van der Waals surface area contributed by atoms with Crippen LogP contribution >= 0.6 is 0 Å². The number of nitrogens with zero attached hydrogens (tertiary/aromatic N) is 3. The minimum absolute atomic E-state index is 0.125. The number of para-hydroxylation sites is 1. The second-order valence-corrected chi connectivity index (χ2v) is 11.9. The van der Waals surface area contributed by atoms with Crippen molar-refractivity contribution in [2.75, 3.05) is 4.90 Å². The summed E-state index contributed by atoms with van der Waals surface area (Å²) in [5, 5.41) is 0. The molecule has 0 aliphatic rings. The first kappa shape index (κ1) is 29.1. The molecule has 5 aromatic carbocycles. The molecule has 0 aliphatic carbocycles. The highest BCUT2D eigenvalue weighted by molar-refractivity contribution is 6.96. The lowest BCUT2D eigenvalue weighted by molar-refractivity contribution is 1.13. The van der Waals surface area contributed by atoms with Gasteiger partial charge in [0.2, 0.25) is 6.71 Å². The molecule has 1 heterocycles. The predicted molar refractivity (Wildman–Crippen MR) is 188 cm³/mol. The summed E-state index contributed by atoms with van der Waals surface area (Å²) in [5.74, 6) is 0.774. The van der Waals surface area contributed by atoms with Crippen LogP contribution in [0.1, 0.15) is 33.4 Å². The summed E-state index contributed by atoms with van der Waals surface area (Å²) in [6.07, 6.45) is 3.72. The van der Waals surface area contributed by atoms with Gasteiger partial charge in [0, 0.05) is 16.9 Å². The Labute approximate surface area is 262 Å². The van der Waals surface area contributed by atoms with Crippen LogP contribution in [0.3, 0.4) is 0 Å². The fourth-order valence-corrected chi connectivity index (χ4v) is 6.77. The summed E-state index contributed by atoms with van der Waals surface area (Å²) in [6.45, 7) is 13.5. The summed E-state index contributed by atoms with van der Waals surface area (Å²) >= 11 is 0. The predicted octanol–water partition coefficient (Wildman–Crippen LogP) is 7.98. The second kappa shape index (κ2) is 12.3. The van der Waals surface area contributed by atoms with Crippen molar-refractivity contribution in [3.8, 4) is 11.3 Å². The first-order valence-corrected chi connectivity index (χ1v) is 15.3. The molecular weight excluding hydrogens is 533 g/mol. The van der Waals surface area contributed by atoms with Crippen LogP contribution in [0.2, 0.25) is 0 Å². The molecule has 0 saturated heterocycles. The SMILES string of the molecule is Cc1cc(C)c(B(c2ccc(N(c3ccccc3)c3cnc(-c4ccccc4)cn3)cc2)c2c(C)cc(C)cc2C)c(C)c1. The van der Waals surface area contributed by atoms with Gasteiger partial charge in [0.05, 0.1) is 18.1 Å². The van der Waals surface area contributed by atoms with E-state index in [2.05, 4.69) is 131 Å². The summed E-state index contributed by atoms with van der Waals surface area (Å²) in [4.78, 5) is 11.9. The van der Waals surface area contributed by atoms with E-state index in [4.69, 9.17) is 9.97 Å². The van der Waals surface area contributed by atoms with Crippen molar-refractivity contribution in [1.29, 1.82) is 0 Å². The van der Waals surface area contributed by atoms with E-state index in [0.717, 1.165) is 28.5 Å². The summed E-state index contributed by atoms with van der Waals surface area (Å²) in [5.41, 5.74) is 16.0. The topological polar surface area (TPSA) is 29.0 Å². The quantitative estimate of drug-likeness (QED) is 0.182. The third-order valence-electron chi connectivity index (χ3n) is 8.49. The molecule has 0 bridgehead atoms. The minimum atomic E-state index is 0.125. The standard InChI is InChI=1S/C40H38BN3/c1-27-21-29(3)39(30(4)22-27)41(40-31(5)23-28(2)24-32(40)6)34-17-19-36(20-18-34)44(35-15-11-8-12-16-35)38-26-42-37(25-43-38)33-13-9-7-10-14-33/h7-26H,1-6H3. The molecule has 3 nitrogen and oxygen atoms in total. The maximum absolute atomic E-state index is 4.89. The van der Waals surface area contributed by atoms with Crippen molar-refractivity contribution in [2.24, 2.45) is 0 Å². The Balaban J connectivity index is 1.46. The van der Waals surface area contributed by atoms with Crippen molar-refractivity contribution >= 4 is 40.3 Å². The van der Waals surface area contributed by atoms with Gasteiger partial charge < -0.3 is 0 Å². The molecule has 1 aromatic heterocycles. The van der Waals surface area contributed by atoms with Crippen LogP contribution < -0.4 is 21.3 Å². The van der Waals surface area contributed by atoms with Gasteiger partial charge in [0.25, 0.3) is 0 Å². The second-order valence-electron chi connectivity index (χ2n) is 11.9. The lowest BCUT2D eigenvalue weighted by atomic mass is 9.34. The van der Waals surface area contributed by atoms with E-state index >= 15 is 0 Å². The van der Waals surface area contributed by atoms with Crippen molar-refractivity contribution in [1.82, 2.24) is 9.97 Å². The molecular formula is C40H38BN3. The zero-order chi connectivity index (χ0) is 30.8. The van der Waals surface area contributed by atoms with Gasteiger partial charge in [-0.15, -0.1) is 0 Å². The highest BCUT2D eigenvalue weighted by Crippen LogP contribution is 2.32. The Morgan fingerprint density at radius 2 is 0.977 bits per heavy atom. The molecule has 6 aromatic rings. The zero-order valence-electron chi connectivity index (χ0n) is 26.5. The molecule has 0 saturated carbocycles. The molecule has 0 fully saturated rings. The van der Waals surface area contributed by atoms with E-state index in [1.807, 2.05) is 36.7 Å². The van der Waals surface area contributed by atoms with Crippen LogP contribution in [0, 0.1) is 41.5 Å². The number of anilines is 3. The van der Waals surface area contributed by atoms with E-state index in [1.165, 1.54) is 49.8 Å². The third-order valence-corrected chi connectivity index (χ3v) is 8.49. The lowest BCUT2D eigenvalue weighted by Gasteiger charge is -2.26. The summed E-state index contributed by atoms with van der Waals surface area (Å²) in [7, 11) is 0. The van der Waals surface area contributed by atoms with E-state index in [9.17, 15) is 0 Å². The van der Waals surface area contributed by atoms with E-state index in [1.54, 1.807) is 0 Å². The highest BCUT2D eigenvalue weighted by Gasteiger charge is 2.28. The summed E-state index contributed by atoms with van der Waals surface area (Å²) < 4.78 is 0. The fraction of sp³-hybridized carbons (Fsp3) is 0.150. The van der Waals surface area contributed by atoms with Crippen LogP contribution in [-0.4, -0.2) is 16.7 Å². The van der Waals surface area contributed by atoms with Gasteiger partial charge in [-0.05, 0) is 65.8 Å². The van der Waals surface area contributed by atoms with Crippen molar-refractivity contribution in [2.45, 2.75) is 41.5 Å². The van der Waals surface area contributed by atoms with Crippen LogP contribution in [0.15, 0.2) is 122 Å². The minimum Gasteiger partial charge on any atom is -0.294 e. The molecule has 44 heavy (non-hydrogen) atoms. The van der Waals surface area contributed by atoms with E-state index < -0.39 is 0 Å². The first-order chi connectivity index (χ1) is 21.3. The lowest BCUT2D eigenvalue weighted by Crippen LogP contribution is -2.55. The first-order valence-electron chi connectivity index (χ1n) is 15.3. The molecule has 0 spiro atoms. The maximum Gasteiger partial charge on any atom is 0.242 e. The van der Waals surface area contributed by atoms with Crippen molar-refractivity contribution in [3.05, 3.63) is 155 Å². The largest absolute Gasteiger partial charge is 0.294 e. The van der Waals surface area contributed by atoms with Crippen LogP contribution in [-0.2, 0) is 0 Å². The number of aromatic nitrogens is 2. The molecule has 0 atom stereocenters. The summed E-state index contributed by atoms with van der Waals surface area (Å²) in [6, 6.07) is 38.9. The van der Waals surface area contributed by atoms with Crippen LogP contribution in [0.25, 0.3) is 11.3 Å². The number of hydrogen-bond donors (Lipinski definition) is 0. The molecule has 4 heteroatoms. The van der Waals surface area contributed by atoms with Gasteiger partial charge in [0.15, 0.2) is 5.82 Å². The van der Waals surface area contributed by atoms with Gasteiger partial charge in [-0.2, -0.15) is 0 Å². The maximum atomic E-state index is 4.89. The average molecular weight is 572 g/mol. The highest BCUT2D eigenvalue weighted by atomic mass is 15.2. The number of rotatable bonds is 7. The Morgan fingerprint density at radius 1 is 0.500 bits per heavy atom. The van der Waals surface area contributed by atoms with Crippen LogP contribution in [0.4, 0.5) is 17.2 Å². The number of benzene rings is 5. The van der Waals surface area contributed by atoms with Gasteiger partial charge in [0.1, 0.15) is 0 Å². The Bertz CT molecular complexity index is 1790. The smallest absolute Gasteiger partial charge is 0.242 e. The van der Waals surface area contributed by atoms with Crippen molar-refractivity contribution in [3.63, 3.8) is 0 Å². The normalized spacial score (nSPS) is 11.0. The van der Waals surface area contributed by atoms with Gasteiger partial charge in [-0.3, -0.25) is 9.88 Å². The molecule has 216 valence electrons. The average Bonchev–Trinajstić information content (AvgIpc) is 3.01. The number of hydrogen-bond acceptors (Lipinski definition) is 3. The molecule has 0 N–H and O–H groups in total. The van der Waals surface area contributed by atoms with Gasteiger partial charge in [-0.25, -0.2) is 4.98 Å². The fourth-order valence-electron chi connectivity index (χ4n) is 6.77. The molecule has 0 unspecified atom stereocenters. The molecule has 6 rings (SSSR count). The third kappa shape index (κ3) is 5.81. The monoisotopic (exact) mass is 571 g/mol. The van der Waals surface area contributed by atoms with Gasteiger partial charge >= 0.3 is 0 Å². The van der Waals surface area contributed by atoms with Crippen LogP contribution in [0.5, 0.6) is 0 Å². The number of aryl methyl sites for hydroxylation is 6. The van der Waals surface area contributed by atoms with Crippen molar-refractivity contribution < 1.29 is 0 Å². The molecule has 0 aliphatic heterocycles. The van der Waals surface area contributed by atoms with Gasteiger partial charge in [-0.1, -0.05) is 135 Å². The Hall–Kier alpha value is -4.96. The van der Waals surface area contributed by atoms with E-state index in [-0.39, 0.29) is 6.71 Å².